The summed E-state index contributed by atoms with van der Waals surface area (Å²) >= 11 is 1.62. The summed E-state index contributed by atoms with van der Waals surface area (Å²) in [5.74, 6) is 0.727. The van der Waals surface area contributed by atoms with Crippen LogP contribution in [0.1, 0.15) is 28.1 Å². The van der Waals surface area contributed by atoms with Crippen LogP contribution in [0.5, 0.6) is 5.75 Å². The highest BCUT2D eigenvalue weighted by Crippen LogP contribution is 2.29. The van der Waals surface area contributed by atoms with Gasteiger partial charge in [0.1, 0.15) is 29.7 Å². The fourth-order valence-corrected chi connectivity index (χ4v) is 3.73. The molecule has 1 fully saturated rings. The summed E-state index contributed by atoms with van der Waals surface area (Å²) in [6, 6.07) is 6.94. The highest BCUT2D eigenvalue weighted by atomic mass is 32.1. The lowest BCUT2D eigenvalue weighted by molar-refractivity contribution is -0.120. The van der Waals surface area contributed by atoms with Crippen LogP contribution >= 0.6 is 11.3 Å². The molecular formula is C19H18N2O4S. The van der Waals surface area contributed by atoms with E-state index in [4.69, 9.17) is 9.15 Å². The van der Waals surface area contributed by atoms with Gasteiger partial charge in [0.2, 0.25) is 5.91 Å². The lowest BCUT2D eigenvalue weighted by Gasteiger charge is -2.10. The van der Waals surface area contributed by atoms with Crippen molar-refractivity contribution in [3.63, 3.8) is 0 Å². The van der Waals surface area contributed by atoms with Gasteiger partial charge in [0, 0.05) is 11.9 Å². The predicted molar refractivity (Wildman–Crippen MR) is 98.5 cm³/mol. The number of fused-ring (bicyclic) bond motifs is 1. The number of amides is 2. The molecule has 2 amide bonds. The first-order valence-electron chi connectivity index (χ1n) is 8.37. The summed E-state index contributed by atoms with van der Waals surface area (Å²) in [5, 5.41) is 10.2. The minimum absolute atomic E-state index is 0.149. The van der Waals surface area contributed by atoms with Crippen molar-refractivity contribution in [3.05, 3.63) is 51.9 Å². The van der Waals surface area contributed by atoms with Gasteiger partial charge in [-0.1, -0.05) is 0 Å². The maximum Gasteiger partial charge on any atom is 0.256 e. The minimum Gasteiger partial charge on any atom is -0.489 e. The molecule has 0 aliphatic carbocycles. The zero-order chi connectivity index (χ0) is 18.1. The van der Waals surface area contributed by atoms with Crippen molar-refractivity contribution in [3.8, 4) is 5.75 Å². The molecule has 1 aliphatic heterocycles. The van der Waals surface area contributed by atoms with E-state index in [1.54, 1.807) is 24.3 Å². The summed E-state index contributed by atoms with van der Waals surface area (Å²) < 4.78 is 11.5. The molecule has 0 radical (unpaired) electrons. The van der Waals surface area contributed by atoms with E-state index in [9.17, 15) is 9.59 Å². The number of rotatable bonds is 5. The van der Waals surface area contributed by atoms with Crippen LogP contribution in [0.4, 0.5) is 0 Å². The Labute approximate surface area is 154 Å². The first-order valence-corrected chi connectivity index (χ1v) is 9.31. The number of carbonyl (C=O) groups is 2. The Morgan fingerprint density at radius 1 is 1.42 bits per heavy atom. The van der Waals surface area contributed by atoms with Gasteiger partial charge in [0.05, 0.1) is 5.56 Å². The highest BCUT2D eigenvalue weighted by molar-refractivity contribution is 7.07. The van der Waals surface area contributed by atoms with Crippen LogP contribution in [0, 0.1) is 6.92 Å². The number of aryl methyl sites for hydroxylation is 1. The van der Waals surface area contributed by atoms with Gasteiger partial charge in [0.15, 0.2) is 0 Å². The van der Waals surface area contributed by atoms with Crippen molar-refractivity contribution >= 4 is 34.1 Å². The summed E-state index contributed by atoms with van der Waals surface area (Å²) in [6.07, 6.45) is 0.592. The SMILES string of the molecule is Cc1oc2ccc(OCc3ccsc3)cc2c1C(=O)NC1CCNC1=O. The molecule has 4 rings (SSSR count). The van der Waals surface area contributed by atoms with E-state index in [-0.39, 0.29) is 11.8 Å². The first kappa shape index (κ1) is 16.7. The minimum atomic E-state index is -0.495. The predicted octanol–water partition coefficient (Wildman–Crippen LogP) is 3.00. The average molecular weight is 370 g/mol. The number of thiophene rings is 1. The highest BCUT2D eigenvalue weighted by Gasteiger charge is 2.28. The van der Waals surface area contributed by atoms with Gasteiger partial charge in [-0.3, -0.25) is 9.59 Å². The molecule has 1 atom stereocenters. The molecule has 1 aromatic carbocycles. The van der Waals surface area contributed by atoms with Crippen LogP contribution in [0.25, 0.3) is 11.0 Å². The van der Waals surface area contributed by atoms with Crippen molar-refractivity contribution in [1.29, 1.82) is 0 Å². The maximum atomic E-state index is 12.7. The molecule has 3 heterocycles. The maximum absolute atomic E-state index is 12.7. The van der Waals surface area contributed by atoms with E-state index in [1.165, 1.54) is 0 Å². The van der Waals surface area contributed by atoms with Gasteiger partial charge in [-0.15, -0.1) is 0 Å². The van der Waals surface area contributed by atoms with Crippen LogP contribution in [-0.2, 0) is 11.4 Å². The Hall–Kier alpha value is -2.80. The molecular weight excluding hydrogens is 352 g/mol. The molecule has 2 aromatic heterocycles. The number of hydrogen-bond acceptors (Lipinski definition) is 5. The number of nitrogens with one attached hydrogen (secondary N) is 2. The average Bonchev–Trinajstić information content (AvgIpc) is 3.33. The molecule has 7 heteroatoms. The Balaban J connectivity index is 1.59. The van der Waals surface area contributed by atoms with E-state index in [2.05, 4.69) is 10.6 Å². The van der Waals surface area contributed by atoms with E-state index in [0.717, 1.165) is 5.56 Å². The fourth-order valence-electron chi connectivity index (χ4n) is 3.07. The quantitative estimate of drug-likeness (QED) is 0.723. The second-order valence-corrected chi connectivity index (χ2v) is 7.00. The molecule has 2 N–H and O–H groups in total. The van der Waals surface area contributed by atoms with Crippen LogP contribution in [0.3, 0.4) is 0 Å². The summed E-state index contributed by atoms with van der Waals surface area (Å²) in [5.41, 5.74) is 2.16. The Bertz CT molecular complexity index is 961. The molecule has 1 unspecified atom stereocenters. The molecule has 3 aromatic rings. The van der Waals surface area contributed by atoms with Crippen LogP contribution in [0.2, 0.25) is 0 Å². The number of benzene rings is 1. The van der Waals surface area contributed by atoms with E-state index < -0.39 is 6.04 Å². The Kier molecular flexibility index (Phi) is 4.38. The number of furan rings is 1. The standard InChI is InChI=1S/C19H18N2O4S/c1-11-17(19(23)21-15-4-6-20-18(15)22)14-8-13(2-3-16(14)25-11)24-9-12-5-7-26-10-12/h2-3,5,7-8,10,15H,4,6,9H2,1H3,(H,20,22)(H,21,23). The number of hydrogen-bond donors (Lipinski definition) is 2. The molecule has 0 spiro atoms. The third-order valence-corrected chi connectivity index (χ3v) is 5.13. The van der Waals surface area contributed by atoms with Gasteiger partial charge >= 0.3 is 0 Å². The second-order valence-electron chi connectivity index (χ2n) is 6.22. The van der Waals surface area contributed by atoms with Crippen LogP contribution in [0.15, 0.2) is 39.4 Å². The third kappa shape index (κ3) is 3.17. The van der Waals surface area contributed by atoms with E-state index in [1.807, 2.05) is 29.0 Å². The summed E-state index contributed by atoms with van der Waals surface area (Å²) in [4.78, 5) is 24.4. The van der Waals surface area contributed by atoms with Crippen molar-refractivity contribution in [1.82, 2.24) is 10.6 Å². The molecule has 1 aliphatic rings. The normalized spacial score (nSPS) is 16.7. The summed E-state index contributed by atoms with van der Waals surface area (Å²) in [7, 11) is 0. The molecule has 0 saturated carbocycles. The molecule has 6 nitrogen and oxygen atoms in total. The van der Waals surface area contributed by atoms with Crippen molar-refractivity contribution in [2.45, 2.75) is 26.0 Å². The van der Waals surface area contributed by atoms with E-state index >= 15 is 0 Å². The second kappa shape index (κ2) is 6.84. The van der Waals surface area contributed by atoms with Gasteiger partial charge in [0.25, 0.3) is 5.91 Å². The Morgan fingerprint density at radius 2 is 2.31 bits per heavy atom. The lowest BCUT2D eigenvalue weighted by Crippen LogP contribution is -2.40. The molecule has 0 bridgehead atoms. The van der Waals surface area contributed by atoms with Crippen molar-refractivity contribution < 1.29 is 18.7 Å². The molecule has 134 valence electrons. The molecule has 1 saturated heterocycles. The zero-order valence-corrected chi connectivity index (χ0v) is 15.0. The smallest absolute Gasteiger partial charge is 0.256 e. The fraction of sp³-hybridized carbons (Fsp3) is 0.263. The number of ether oxygens (including phenoxy) is 1. The van der Waals surface area contributed by atoms with Crippen LogP contribution < -0.4 is 15.4 Å². The topological polar surface area (TPSA) is 80.6 Å². The largest absolute Gasteiger partial charge is 0.489 e. The van der Waals surface area contributed by atoms with Crippen molar-refractivity contribution in [2.75, 3.05) is 6.54 Å². The third-order valence-electron chi connectivity index (χ3n) is 4.40. The first-order chi connectivity index (χ1) is 12.6. The van der Waals surface area contributed by atoms with Crippen molar-refractivity contribution in [2.24, 2.45) is 0 Å². The van der Waals surface area contributed by atoms with Gasteiger partial charge in [-0.25, -0.2) is 0 Å². The van der Waals surface area contributed by atoms with E-state index in [0.29, 0.717) is 47.6 Å². The molecule has 26 heavy (non-hydrogen) atoms. The monoisotopic (exact) mass is 370 g/mol. The zero-order valence-electron chi connectivity index (χ0n) is 14.2. The number of carbonyl (C=O) groups excluding carboxylic acids is 2. The van der Waals surface area contributed by atoms with Gasteiger partial charge in [-0.2, -0.15) is 11.3 Å². The van der Waals surface area contributed by atoms with Gasteiger partial charge < -0.3 is 19.8 Å². The Morgan fingerprint density at radius 3 is 3.04 bits per heavy atom. The lowest BCUT2D eigenvalue weighted by atomic mass is 10.1. The summed E-state index contributed by atoms with van der Waals surface area (Å²) in [6.45, 7) is 2.79. The van der Waals surface area contributed by atoms with Gasteiger partial charge in [-0.05, 0) is 53.9 Å². The van der Waals surface area contributed by atoms with Crippen LogP contribution in [-0.4, -0.2) is 24.4 Å².